The molecular formula is C16H20INO2. The summed E-state index contributed by atoms with van der Waals surface area (Å²) in [6.07, 6.45) is 4.15. The Hall–Kier alpha value is -0.620. The normalized spacial score (nSPS) is 36.9. The molecule has 4 heteroatoms. The number of halogens is 1. The third-order valence-electron chi connectivity index (χ3n) is 5.23. The number of benzene rings is 1. The van der Waals surface area contributed by atoms with E-state index in [-0.39, 0.29) is 11.5 Å². The van der Waals surface area contributed by atoms with E-state index in [0.29, 0.717) is 6.04 Å². The second-order valence-electron chi connectivity index (χ2n) is 5.86. The fraction of sp³-hybridized carbons (Fsp3) is 0.562. The maximum absolute atomic E-state index is 12.5. The smallest absolute Gasteiger partial charge is 0.324 e. The molecule has 2 heterocycles. The molecule has 2 fully saturated rings. The highest BCUT2D eigenvalue weighted by Gasteiger charge is 2.65. The monoisotopic (exact) mass is 385 g/mol. The molecule has 1 aromatic carbocycles. The summed E-state index contributed by atoms with van der Waals surface area (Å²) < 4.78 is 4.67. The van der Waals surface area contributed by atoms with Crippen LogP contribution in [0.4, 0.5) is 0 Å². The van der Waals surface area contributed by atoms with Gasteiger partial charge in [-0.3, -0.25) is 9.69 Å². The molecule has 108 valence electrons. The number of rotatable bonds is 2. The van der Waals surface area contributed by atoms with Gasteiger partial charge < -0.3 is 4.74 Å². The van der Waals surface area contributed by atoms with Gasteiger partial charge in [0.05, 0.1) is 12.6 Å². The largest absolute Gasteiger partial charge is 0.468 e. The first-order valence-electron chi connectivity index (χ1n) is 7.12. The van der Waals surface area contributed by atoms with Crippen molar-refractivity contribution >= 4 is 28.6 Å². The van der Waals surface area contributed by atoms with E-state index in [1.54, 1.807) is 0 Å². The van der Waals surface area contributed by atoms with Crippen molar-refractivity contribution in [3.8, 4) is 0 Å². The fourth-order valence-electron chi connectivity index (χ4n) is 4.17. The number of nitrogens with zero attached hydrogens (tertiary/aromatic N) is 1. The molecular weight excluding hydrogens is 365 g/mol. The number of carbonyl (C=O) groups is 1. The van der Waals surface area contributed by atoms with E-state index in [2.05, 4.69) is 58.8 Å². The molecule has 3 nitrogen and oxygen atoms in total. The number of methoxy groups -OCH3 is 1. The van der Waals surface area contributed by atoms with Gasteiger partial charge in [0.2, 0.25) is 0 Å². The Kier molecular flexibility index (Phi) is 3.57. The summed E-state index contributed by atoms with van der Waals surface area (Å²) in [6.45, 7) is 0. The maximum Gasteiger partial charge on any atom is 0.324 e. The van der Waals surface area contributed by atoms with E-state index in [1.165, 1.54) is 12.7 Å². The number of ether oxygens (including phenoxy) is 1. The SMILES string of the molecule is COC(=O)C1(I)CC[C@@H]2CC[C@@]1(c1ccccc1)N2C. The van der Waals surface area contributed by atoms with Crippen LogP contribution in [0.2, 0.25) is 0 Å². The van der Waals surface area contributed by atoms with Crippen LogP contribution in [0.25, 0.3) is 0 Å². The van der Waals surface area contributed by atoms with Gasteiger partial charge in [0.1, 0.15) is 3.42 Å². The van der Waals surface area contributed by atoms with Gasteiger partial charge in [-0.15, -0.1) is 0 Å². The Balaban J connectivity index is 2.18. The molecule has 1 unspecified atom stereocenters. The molecule has 0 aliphatic carbocycles. The van der Waals surface area contributed by atoms with Crippen molar-refractivity contribution in [3.05, 3.63) is 35.9 Å². The van der Waals surface area contributed by atoms with E-state index in [1.807, 2.05) is 6.07 Å². The molecule has 0 aromatic heterocycles. The third-order valence-corrected chi connectivity index (χ3v) is 7.10. The molecule has 3 rings (SSSR count). The number of hydrogen-bond acceptors (Lipinski definition) is 3. The highest BCUT2D eigenvalue weighted by Crippen LogP contribution is 2.59. The minimum atomic E-state index is -0.497. The number of esters is 1. The van der Waals surface area contributed by atoms with Crippen LogP contribution in [0.15, 0.2) is 30.3 Å². The van der Waals surface area contributed by atoms with Crippen molar-refractivity contribution < 1.29 is 9.53 Å². The van der Waals surface area contributed by atoms with Crippen molar-refractivity contribution in [2.75, 3.05) is 14.2 Å². The Morgan fingerprint density at radius 2 is 1.95 bits per heavy atom. The molecule has 0 N–H and O–H groups in total. The van der Waals surface area contributed by atoms with E-state index in [4.69, 9.17) is 4.74 Å². The Morgan fingerprint density at radius 3 is 2.60 bits per heavy atom. The Bertz CT molecular complexity index is 520. The lowest BCUT2D eigenvalue weighted by Gasteiger charge is -2.52. The molecule has 2 saturated heterocycles. The molecule has 20 heavy (non-hydrogen) atoms. The lowest BCUT2D eigenvalue weighted by Crippen LogP contribution is -2.62. The fourth-order valence-corrected chi connectivity index (χ4v) is 5.66. The number of piperidine rings is 1. The summed E-state index contributed by atoms with van der Waals surface area (Å²) >= 11 is 2.36. The molecule has 3 atom stereocenters. The van der Waals surface area contributed by atoms with Gasteiger partial charge >= 0.3 is 5.97 Å². The van der Waals surface area contributed by atoms with E-state index in [0.717, 1.165) is 25.7 Å². The first kappa shape index (κ1) is 14.3. The minimum absolute atomic E-state index is 0.0887. The van der Waals surface area contributed by atoms with Gasteiger partial charge in [-0.05, 0) is 38.3 Å². The summed E-state index contributed by atoms with van der Waals surface area (Å²) in [6, 6.07) is 11.1. The molecule has 0 spiro atoms. The third kappa shape index (κ3) is 1.70. The van der Waals surface area contributed by atoms with Crippen molar-refractivity contribution in [1.29, 1.82) is 0 Å². The number of carbonyl (C=O) groups excluding carboxylic acids is 1. The van der Waals surface area contributed by atoms with Crippen LogP contribution < -0.4 is 0 Å². The van der Waals surface area contributed by atoms with Gasteiger partial charge in [0, 0.05) is 6.04 Å². The summed E-state index contributed by atoms with van der Waals surface area (Å²) in [7, 11) is 3.67. The zero-order valence-electron chi connectivity index (χ0n) is 11.9. The second-order valence-corrected chi connectivity index (χ2v) is 7.70. The quantitative estimate of drug-likeness (QED) is 0.445. The van der Waals surface area contributed by atoms with Gasteiger partial charge in [0.25, 0.3) is 0 Å². The van der Waals surface area contributed by atoms with E-state index >= 15 is 0 Å². The molecule has 1 aromatic rings. The predicted molar refractivity (Wildman–Crippen MR) is 86.9 cm³/mol. The van der Waals surface area contributed by atoms with Gasteiger partial charge in [0.15, 0.2) is 0 Å². The molecule has 0 radical (unpaired) electrons. The highest BCUT2D eigenvalue weighted by molar-refractivity contribution is 14.1. The van der Waals surface area contributed by atoms with E-state index < -0.39 is 3.42 Å². The van der Waals surface area contributed by atoms with Crippen LogP contribution in [0.1, 0.15) is 31.2 Å². The molecule has 0 amide bonds. The molecule has 0 saturated carbocycles. The Labute approximate surface area is 133 Å². The summed E-state index contributed by atoms with van der Waals surface area (Å²) in [4.78, 5) is 15.0. The standard InChI is InChI=1S/C16H20INO2/c1-18-13-8-10-15(17,14(19)20-2)16(18,11-9-13)12-6-4-3-5-7-12/h3-7,13H,8-11H2,1-2H3/t13-,15?,16+/m1/s1. The van der Waals surface area contributed by atoms with Gasteiger partial charge in [-0.1, -0.05) is 52.9 Å². The summed E-state index contributed by atoms with van der Waals surface area (Å²) in [5, 5.41) is 0. The predicted octanol–water partition coefficient (Wildman–Crippen LogP) is 3.12. The van der Waals surface area contributed by atoms with Gasteiger partial charge in [-0.2, -0.15) is 0 Å². The van der Waals surface area contributed by atoms with Crippen LogP contribution in [0, 0.1) is 0 Å². The zero-order chi connectivity index (χ0) is 14.4. The molecule has 2 bridgehead atoms. The van der Waals surface area contributed by atoms with Crippen LogP contribution in [-0.2, 0) is 15.1 Å². The molecule has 2 aliphatic heterocycles. The Morgan fingerprint density at radius 1 is 1.30 bits per heavy atom. The average Bonchev–Trinajstić information content (AvgIpc) is 2.73. The second kappa shape index (κ2) is 4.98. The maximum atomic E-state index is 12.5. The summed E-state index contributed by atoms with van der Waals surface area (Å²) in [5.41, 5.74) is 1.01. The number of fused-ring (bicyclic) bond motifs is 2. The van der Waals surface area contributed by atoms with E-state index in [9.17, 15) is 4.79 Å². The lowest BCUT2D eigenvalue weighted by atomic mass is 9.73. The van der Waals surface area contributed by atoms with Crippen molar-refractivity contribution in [1.82, 2.24) is 4.90 Å². The van der Waals surface area contributed by atoms with Crippen molar-refractivity contribution in [2.45, 2.75) is 40.7 Å². The first-order chi connectivity index (χ1) is 9.56. The summed E-state index contributed by atoms with van der Waals surface area (Å²) in [5.74, 6) is -0.0887. The lowest BCUT2D eigenvalue weighted by molar-refractivity contribution is -0.149. The van der Waals surface area contributed by atoms with Crippen molar-refractivity contribution in [3.63, 3.8) is 0 Å². The minimum Gasteiger partial charge on any atom is -0.468 e. The highest BCUT2D eigenvalue weighted by atomic mass is 127. The number of alkyl halides is 1. The van der Waals surface area contributed by atoms with Crippen LogP contribution >= 0.6 is 22.6 Å². The average molecular weight is 385 g/mol. The first-order valence-corrected chi connectivity index (χ1v) is 8.20. The van der Waals surface area contributed by atoms with Crippen LogP contribution in [0.5, 0.6) is 0 Å². The molecule has 2 aliphatic rings. The van der Waals surface area contributed by atoms with Crippen LogP contribution in [-0.4, -0.2) is 34.5 Å². The van der Waals surface area contributed by atoms with Crippen molar-refractivity contribution in [2.24, 2.45) is 0 Å². The van der Waals surface area contributed by atoms with Gasteiger partial charge in [-0.25, -0.2) is 0 Å². The zero-order valence-corrected chi connectivity index (χ0v) is 14.1. The van der Waals surface area contributed by atoms with Crippen LogP contribution in [0.3, 0.4) is 0 Å². The topological polar surface area (TPSA) is 29.5 Å². The number of hydrogen-bond donors (Lipinski definition) is 0.